The van der Waals surface area contributed by atoms with Crippen molar-refractivity contribution in [3.8, 4) is 0 Å². The van der Waals surface area contributed by atoms with Crippen molar-refractivity contribution in [2.24, 2.45) is 0 Å². The van der Waals surface area contributed by atoms with Gasteiger partial charge in [0.25, 0.3) is 9.05 Å². The summed E-state index contributed by atoms with van der Waals surface area (Å²) in [6, 6.07) is 6.59. The third-order valence-electron chi connectivity index (χ3n) is 2.72. The fourth-order valence-corrected chi connectivity index (χ4v) is 2.55. The highest BCUT2D eigenvalue weighted by atomic mass is 35.7. The maximum Gasteiger partial charge on any atom is 0.261 e. The zero-order valence-corrected chi connectivity index (χ0v) is 12.3. The van der Waals surface area contributed by atoms with E-state index in [1.165, 1.54) is 12.1 Å². The van der Waals surface area contributed by atoms with Crippen LogP contribution in [0.15, 0.2) is 29.2 Å². The molecular formula is C13H19ClO3S. The van der Waals surface area contributed by atoms with Crippen LogP contribution in [0.3, 0.4) is 0 Å². The minimum absolute atomic E-state index is 0.0297. The van der Waals surface area contributed by atoms with Crippen molar-refractivity contribution in [2.45, 2.75) is 44.1 Å². The van der Waals surface area contributed by atoms with E-state index in [1.807, 2.05) is 6.92 Å². The first-order valence-electron chi connectivity index (χ1n) is 6.15. The molecule has 0 aliphatic carbocycles. The van der Waals surface area contributed by atoms with Crippen LogP contribution in [0, 0.1) is 0 Å². The van der Waals surface area contributed by atoms with Crippen molar-refractivity contribution < 1.29 is 13.2 Å². The molecule has 0 aliphatic rings. The Hall–Kier alpha value is -0.580. The van der Waals surface area contributed by atoms with Crippen LogP contribution in [0.1, 0.15) is 44.8 Å². The largest absolute Gasteiger partial charge is 0.374 e. The monoisotopic (exact) mass is 290 g/mol. The first-order valence-corrected chi connectivity index (χ1v) is 8.46. The molecule has 18 heavy (non-hydrogen) atoms. The Morgan fingerprint density at radius 3 is 2.28 bits per heavy atom. The van der Waals surface area contributed by atoms with Crippen LogP contribution in [0.2, 0.25) is 0 Å². The smallest absolute Gasteiger partial charge is 0.261 e. The lowest BCUT2D eigenvalue weighted by Crippen LogP contribution is -2.04. The van der Waals surface area contributed by atoms with Gasteiger partial charge in [0.1, 0.15) is 0 Å². The van der Waals surface area contributed by atoms with Gasteiger partial charge >= 0.3 is 0 Å². The van der Waals surface area contributed by atoms with E-state index < -0.39 is 9.05 Å². The zero-order valence-electron chi connectivity index (χ0n) is 10.7. The SMILES string of the molecule is CCCC[C@@H](OCC)c1ccc(S(=O)(=O)Cl)cc1. The maximum atomic E-state index is 11.1. The van der Waals surface area contributed by atoms with Crippen LogP contribution in [0.4, 0.5) is 0 Å². The second kappa shape index (κ2) is 7.12. The number of ether oxygens (including phenoxy) is 1. The van der Waals surface area contributed by atoms with Crippen molar-refractivity contribution in [1.29, 1.82) is 0 Å². The molecule has 1 rings (SSSR count). The molecule has 3 nitrogen and oxygen atoms in total. The lowest BCUT2D eigenvalue weighted by molar-refractivity contribution is 0.0545. The molecule has 1 atom stereocenters. The van der Waals surface area contributed by atoms with Gasteiger partial charge in [-0.2, -0.15) is 0 Å². The van der Waals surface area contributed by atoms with Gasteiger partial charge in [0.05, 0.1) is 11.0 Å². The van der Waals surface area contributed by atoms with Gasteiger partial charge in [-0.05, 0) is 31.0 Å². The molecule has 102 valence electrons. The molecule has 0 heterocycles. The number of halogens is 1. The highest BCUT2D eigenvalue weighted by Gasteiger charge is 2.14. The van der Waals surface area contributed by atoms with Crippen LogP contribution in [-0.2, 0) is 13.8 Å². The Labute approximate surface area is 114 Å². The van der Waals surface area contributed by atoms with Crippen LogP contribution in [0.25, 0.3) is 0 Å². The number of benzene rings is 1. The molecule has 0 unspecified atom stereocenters. The number of hydrogen-bond donors (Lipinski definition) is 0. The van der Waals surface area contributed by atoms with Crippen molar-refractivity contribution in [3.63, 3.8) is 0 Å². The molecule has 1 aromatic carbocycles. The summed E-state index contributed by atoms with van der Waals surface area (Å²) in [5.41, 5.74) is 0.995. The van der Waals surface area contributed by atoms with Crippen molar-refractivity contribution in [3.05, 3.63) is 29.8 Å². The van der Waals surface area contributed by atoms with Crippen LogP contribution >= 0.6 is 10.7 Å². The molecule has 0 amide bonds. The number of rotatable bonds is 7. The Kier molecular flexibility index (Phi) is 6.12. The molecule has 0 aliphatic heterocycles. The van der Waals surface area contributed by atoms with E-state index in [4.69, 9.17) is 15.4 Å². The van der Waals surface area contributed by atoms with Crippen LogP contribution in [-0.4, -0.2) is 15.0 Å². The quantitative estimate of drug-likeness (QED) is 0.716. The normalized spacial score (nSPS) is 13.5. The average molecular weight is 291 g/mol. The van der Waals surface area contributed by atoms with E-state index in [0.717, 1.165) is 24.8 Å². The predicted molar refractivity (Wildman–Crippen MR) is 73.4 cm³/mol. The Balaban J connectivity index is 2.86. The molecule has 0 fully saturated rings. The van der Waals surface area contributed by atoms with Crippen molar-refractivity contribution >= 4 is 19.7 Å². The van der Waals surface area contributed by atoms with Crippen LogP contribution in [0.5, 0.6) is 0 Å². The summed E-state index contributed by atoms with van der Waals surface area (Å²) in [4.78, 5) is 0.124. The lowest BCUT2D eigenvalue weighted by atomic mass is 10.0. The third-order valence-corrected chi connectivity index (χ3v) is 4.09. The van der Waals surface area contributed by atoms with E-state index in [2.05, 4.69) is 6.92 Å². The van der Waals surface area contributed by atoms with Gasteiger partial charge in [-0.15, -0.1) is 0 Å². The molecule has 0 radical (unpaired) electrons. The highest BCUT2D eigenvalue weighted by molar-refractivity contribution is 8.13. The maximum absolute atomic E-state index is 11.1. The Morgan fingerprint density at radius 2 is 1.83 bits per heavy atom. The standard InChI is InChI=1S/C13H19ClO3S/c1-3-5-6-13(17-4-2)11-7-9-12(10-8-11)18(14,15)16/h7-10,13H,3-6H2,1-2H3/t13-/m1/s1. The van der Waals surface area contributed by atoms with E-state index >= 15 is 0 Å². The highest BCUT2D eigenvalue weighted by Crippen LogP contribution is 2.25. The van der Waals surface area contributed by atoms with E-state index in [0.29, 0.717) is 6.61 Å². The lowest BCUT2D eigenvalue weighted by Gasteiger charge is -2.17. The molecule has 0 spiro atoms. The number of unbranched alkanes of at least 4 members (excludes halogenated alkanes) is 1. The topological polar surface area (TPSA) is 43.4 Å². The molecule has 0 bridgehead atoms. The number of hydrogen-bond acceptors (Lipinski definition) is 3. The van der Waals surface area contributed by atoms with E-state index in [1.54, 1.807) is 12.1 Å². The van der Waals surface area contributed by atoms with Gasteiger partial charge in [-0.3, -0.25) is 0 Å². The van der Waals surface area contributed by atoms with E-state index in [9.17, 15) is 8.42 Å². The molecule has 5 heteroatoms. The second-order valence-electron chi connectivity index (χ2n) is 4.09. The fourth-order valence-electron chi connectivity index (χ4n) is 1.78. The van der Waals surface area contributed by atoms with Crippen LogP contribution < -0.4 is 0 Å². The molecule has 1 aromatic rings. The average Bonchev–Trinajstić information content (AvgIpc) is 2.33. The van der Waals surface area contributed by atoms with Crippen molar-refractivity contribution in [1.82, 2.24) is 0 Å². The summed E-state index contributed by atoms with van der Waals surface area (Å²) in [6.45, 7) is 4.73. The van der Waals surface area contributed by atoms with E-state index in [-0.39, 0.29) is 11.0 Å². The minimum atomic E-state index is -3.64. The van der Waals surface area contributed by atoms with Gasteiger partial charge in [0.15, 0.2) is 0 Å². The van der Waals surface area contributed by atoms with Crippen molar-refractivity contribution in [2.75, 3.05) is 6.61 Å². The fraction of sp³-hybridized carbons (Fsp3) is 0.538. The van der Waals surface area contributed by atoms with Gasteiger partial charge < -0.3 is 4.74 Å². The Morgan fingerprint density at radius 1 is 1.22 bits per heavy atom. The summed E-state index contributed by atoms with van der Waals surface area (Å²) >= 11 is 0. The molecule has 0 saturated heterocycles. The summed E-state index contributed by atoms with van der Waals surface area (Å²) in [5, 5.41) is 0. The van der Waals surface area contributed by atoms with Gasteiger partial charge in [0, 0.05) is 17.3 Å². The zero-order chi connectivity index (χ0) is 13.6. The minimum Gasteiger partial charge on any atom is -0.374 e. The van der Waals surface area contributed by atoms with Gasteiger partial charge in [0.2, 0.25) is 0 Å². The first-order chi connectivity index (χ1) is 8.49. The second-order valence-corrected chi connectivity index (χ2v) is 6.66. The molecular weight excluding hydrogens is 272 g/mol. The summed E-state index contributed by atoms with van der Waals surface area (Å²) in [5.74, 6) is 0. The van der Waals surface area contributed by atoms with Gasteiger partial charge in [-0.1, -0.05) is 31.9 Å². The summed E-state index contributed by atoms with van der Waals surface area (Å²) < 4.78 is 28.0. The first kappa shape index (κ1) is 15.5. The molecule has 0 saturated carbocycles. The third kappa shape index (κ3) is 4.59. The summed E-state index contributed by atoms with van der Waals surface area (Å²) in [6.07, 6.45) is 3.16. The molecule has 0 aromatic heterocycles. The molecule has 0 N–H and O–H groups in total. The summed E-state index contributed by atoms with van der Waals surface area (Å²) in [7, 11) is 1.63. The van der Waals surface area contributed by atoms with Gasteiger partial charge in [-0.25, -0.2) is 8.42 Å². The Bertz CT molecular complexity index is 454. The predicted octanol–water partition coefficient (Wildman–Crippen LogP) is 3.88.